The van der Waals surface area contributed by atoms with Gasteiger partial charge in [-0.15, -0.1) is 0 Å². The lowest BCUT2D eigenvalue weighted by Crippen LogP contribution is -2.16. The van der Waals surface area contributed by atoms with Gasteiger partial charge in [0.25, 0.3) is 6.29 Å². The second-order valence-corrected chi connectivity index (χ2v) is 3.94. The fourth-order valence-electron chi connectivity index (χ4n) is 1.47. The lowest BCUT2D eigenvalue weighted by atomic mass is 10.2. The van der Waals surface area contributed by atoms with E-state index in [4.69, 9.17) is 14.2 Å². The van der Waals surface area contributed by atoms with Gasteiger partial charge in [0.2, 0.25) is 0 Å². The van der Waals surface area contributed by atoms with Gasteiger partial charge in [0.1, 0.15) is 5.75 Å². The van der Waals surface area contributed by atoms with E-state index in [0.717, 1.165) is 6.42 Å². The summed E-state index contributed by atoms with van der Waals surface area (Å²) >= 11 is 0. The first kappa shape index (κ1) is 15.0. The third-order valence-electron chi connectivity index (χ3n) is 2.18. The maximum Gasteiger partial charge on any atom is 0.305 e. The maximum atomic E-state index is 11.1. The van der Waals surface area contributed by atoms with Gasteiger partial charge in [0.15, 0.2) is 0 Å². The maximum absolute atomic E-state index is 11.1. The van der Waals surface area contributed by atoms with E-state index >= 15 is 0 Å². The van der Waals surface area contributed by atoms with Gasteiger partial charge < -0.3 is 14.2 Å². The molecule has 0 saturated heterocycles. The molecule has 0 atom stereocenters. The zero-order chi connectivity index (χ0) is 14.3. The van der Waals surface area contributed by atoms with Crippen molar-refractivity contribution in [1.82, 2.24) is 0 Å². The average Bonchev–Trinajstić information content (AvgIpc) is 2.35. The summed E-state index contributed by atoms with van der Waals surface area (Å²) < 4.78 is 15.6. The number of ether oxygens (including phenoxy) is 3. The molecule has 5 nitrogen and oxygen atoms in total. The molecular formula is C14H18O5. The van der Waals surface area contributed by atoms with Gasteiger partial charge in [0.05, 0.1) is 12.2 Å². The number of carbonyl (C=O) groups excluding carboxylic acids is 2. The van der Waals surface area contributed by atoms with Crippen LogP contribution in [0, 0.1) is 0 Å². The Labute approximate surface area is 112 Å². The molecule has 0 aromatic heterocycles. The minimum absolute atomic E-state index is 0.515. The molecule has 0 radical (unpaired) electrons. The van der Waals surface area contributed by atoms with Crippen LogP contribution < -0.4 is 4.74 Å². The van der Waals surface area contributed by atoms with Crippen LogP contribution in [0.5, 0.6) is 5.75 Å². The van der Waals surface area contributed by atoms with Crippen LogP contribution in [0.15, 0.2) is 24.3 Å². The van der Waals surface area contributed by atoms with E-state index in [0.29, 0.717) is 17.9 Å². The monoisotopic (exact) mass is 266 g/mol. The lowest BCUT2D eigenvalue weighted by Gasteiger charge is -2.19. The third kappa shape index (κ3) is 4.99. The quantitative estimate of drug-likeness (QED) is 0.585. The molecule has 0 saturated carbocycles. The van der Waals surface area contributed by atoms with Crippen molar-refractivity contribution in [2.24, 2.45) is 0 Å². The normalized spacial score (nSPS) is 10.1. The van der Waals surface area contributed by atoms with Crippen LogP contribution in [0.25, 0.3) is 0 Å². The minimum Gasteiger partial charge on any atom is -0.493 e. The van der Waals surface area contributed by atoms with Gasteiger partial charge in [-0.1, -0.05) is 19.1 Å². The molecule has 0 N–H and O–H groups in total. The van der Waals surface area contributed by atoms with Crippen LogP contribution in [-0.4, -0.2) is 18.5 Å². The molecule has 1 aromatic carbocycles. The molecule has 0 spiro atoms. The number of rotatable bonds is 6. The molecule has 19 heavy (non-hydrogen) atoms. The zero-order valence-corrected chi connectivity index (χ0v) is 11.3. The van der Waals surface area contributed by atoms with Gasteiger partial charge >= 0.3 is 11.9 Å². The Morgan fingerprint density at radius 3 is 2.21 bits per heavy atom. The van der Waals surface area contributed by atoms with Gasteiger partial charge in [-0.2, -0.15) is 0 Å². The Bertz CT molecular complexity index is 425. The fraction of sp³-hybridized carbons (Fsp3) is 0.429. The van der Waals surface area contributed by atoms with Crippen molar-refractivity contribution in [2.75, 3.05) is 6.61 Å². The highest BCUT2D eigenvalue weighted by Gasteiger charge is 2.21. The van der Waals surface area contributed by atoms with Gasteiger partial charge in [0, 0.05) is 13.8 Å². The Hall–Kier alpha value is -2.04. The summed E-state index contributed by atoms with van der Waals surface area (Å²) in [6, 6.07) is 6.99. The van der Waals surface area contributed by atoms with Crippen molar-refractivity contribution in [3.05, 3.63) is 29.8 Å². The highest BCUT2D eigenvalue weighted by Crippen LogP contribution is 2.29. The van der Waals surface area contributed by atoms with Crippen LogP contribution in [0.1, 0.15) is 39.0 Å². The summed E-state index contributed by atoms with van der Waals surface area (Å²) in [6.07, 6.45) is -0.233. The average molecular weight is 266 g/mol. The molecule has 1 aromatic rings. The van der Waals surface area contributed by atoms with E-state index in [1.54, 1.807) is 24.3 Å². The SMILES string of the molecule is CCCOc1ccccc1C(OC(C)=O)OC(C)=O. The molecule has 0 aliphatic heterocycles. The van der Waals surface area contributed by atoms with Crippen LogP contribution in [0.2, 0.25) is 0 Å². The molecule has 0 aliphatic carbocycles. The molecule has 0 aliphatic rings. The van der Waals surface area contributed by atoms with Crippen LogP contribution in [0.3, 0.4) is 0 Å². The third-order valence-corrected chi connectivity index (χ3v) is 2.18. The van der Waals surface area contributed by atoms with Crippen molar-refractivity contribution in [3.63, 3.8) is 0 Å². The number of hydrogen-bond donors (Lipinski definition) is 0. The standard InChI is InChI=1S/C14H18O5/c1-4-9-17-13-8-6-5-7-12(13)14(18-10(2)15)19-11(3)16/h5-8,14H,4,9H2,1-3H3. The Morgan fingerprint density at radius 2 is 1.68 bits per heavy atom. The first-order valence-corrected chi connectivity index (χ1v) is 6.10. The number of benzene rings is 1. The van der Waals surface area contributed by atoms with E-state index in [-0.39, 0.29) is 0 Å². The van der Waals surface area contributed by atoms with E-state index in [1.807, 2.05) is 6.92 Å². The highest BCUT2D eigenvalue weighted by atomic mass is 16.7. The van der Waals surface area contributed by atoms with Crippen LogP contribution in [-0.2, 0) is 19.1 Å². The number of carbonyl (C=O) groups is 2. The summed E-state index contributed by atoms with van der Waals surface area (Å²) in [5.41, 5.74) is 0.515. The van der Waals surface area contributed by atoms with Crippen molar-refractivity contribution < 1.29 is 23.8 Å². The van der Waals surface area contributed by atoms with Crippen LogP contribution in [0.4, 0.5) is 0 Å². The van der Waals surface area contributed by atoms with E-state index in [2.05, 4.69) is 0 Å². The van der Waals surface area contributed by atoms with Crippen molar-refractivity contribution in [3.8, 4) is 5.75 Å². The number of esters is 2. The lowest BCUT2D eigenvalue weighted by molar-refractivity contribution is -0.186. The second kappa shape index (κ2) is 7.41. The first-order chi connectivity index (χ1) is 9.04. The highest BCUT2D eigenvalue weighted by molar-refractivity contribution is 5.68. The first-order valence-electron chi connectivity index (χ1n) is 6.10. The molecule has 0 heterocycles. The number of hydrogen-bond acceptors (Lipinski definition) is 5. The summed E-state index contributed by atoms with van der Waals surface area (Å²) in [5.74, 6) is -0.523. The van der Waals surface area contributed by atoms with E-state index < -0.39 is 18.2 Å². The second-order valence-electron chi connectivity index (χ2n) is 3.94. The molecule has 5 heteroatoms. The Balaban J connectivity index is 2.98. The minimum atomic E-state index is -1.08. The topological polar surface area (TPSA) is 61.8 Å². The van der Waals surface area contributed by atoms with E-state index in [1.165, 1.54) is 13.8 Å². The van der Waals surface area contributed by atoms with Gasteiger partial charge in [-0.25, -0.2) is 0 Å². The smallest absolute Gasteiger partial charge is 0.305 e. The summed E-state index contributed by atoms with van der Waals surface area (Å²) in [5, 5.41) is 0. The van der Waals surface area contributed by atoms with Crippen molar-refractivity contribution in [1.29, 1.82) is 0 Å². The van der Waals surface area contributed by atoms with Crippen molar-refractivity contribution in [2.45, 2.75) is 33.5 Å². The molecule has 0 amide bonds. The Kier molecular flexibility index (Phi) is 5.85. The van der Waals surface area contributed by atoms with Gasteiger partial charge in [-0.3, -0.25) is 9.59 Å². The van der Waals surface area contributed by atoms with Gasteiger partial charge in [-0.05, 0) is 18.6 Å². The zero-order valence-electron chi connectivity index (χ0n) is 11.3. The molecule has 104 valence electrons. The fourth-order valence-corrected chi connectivity index (χ4v) is 1.47. The van der Waals surface area contributed by atoms with E-state index in [9.17, 15) is 9.59 Å². The molecule has 1 rings (SSSR count). The summed E-state index contributed by atoms with van der Waals surface area (Å²) in [6.45, 7) is 5.03. The summed E-state index contributed by atoms with van der Waals surface area (Å²) in [4.78, 5) is 22.2. The molecule has 0 bridgehead atoms. The molecule has 0 fully saturated rings. The summed E-state index contributed by atoms with van der Waals surface area (Å²) in [7, 11) is 0. The predicted molar refractivity (Wildman–Crippen MR) is 68.5 cm³/mol. The predicted octanol–water partition coefficient (Wildman–Crippen LogP) is 2.60. The number of para-hydroxylation sites is 1. The largest absolute Gasteiger partial charge is 0.493 e. The molecule has 0 unspecified atom stereocenters. The molecular weight excluding hydrogens is 248 g/mol. The van der Waals surface area contributed by atoms with Crippen molar-refractivity contribution >= 4 is 11.9 Å². The Morgan fingerprint density at radius 1 is 1.11 bits per heavy atom. The van der Waals surface area contributed by atoms with Crippen LogP contribution >= 0.6 is 0 Å².